The highest BCUT2D eigenvalue weighted by atomic mass is 79.9. The second kappa shape index (κ2) is 9.29. The van der Waals surface area contributed by atoms with Gasteiger partial charge in [-0.05, 0) is 49.2 Å². The second-order valence-corrected chi connectivity index (χ2v) is 6.67. The number of hydrogen-bond donors (Lipinski definition) is 1. The normalized spacial score (nSPS) is 12.0. The quantitative estimate of drug-likeness (QED) is 0.559. The van der Waals surface area contributed by atoms with Gasteiger partial charge in [0.05, 0.1) is 6.04 Å². The molecule has 4 nitrogen and oxygen atoms in total. The molecule has 0 aromatic heterocycles. The van der Waals surface area contributed by atoms with Gasteiger partial charge in [0.15, 0.2) is 6.61 Å². The molecule has 1 atom stereocenters. The predicted molar refractivity (Wildman–Crippen MR) is 102 cm³/mol. The van der Waals surface area contributed by atoms with Crippen LogP contribution in [0.15, 0.2) is 53.0 Å². The summed E-state index contributed by atoms with van der Waals surface area (Å²) in [7, 11) is 0. The molecule has 1 N–H and O–H groups in total. The molecule has 136 valence electrons. The molecule has 2 aromatic rings. The number of nitrogens with one attached hydrogen (secondary N) is 1. The Bertz CT molecular complexity index is 836. The summed E-state index contributed by atoms with van der Waals surface area (Å²) in [6.45, 7) is 3.42. The molecule has 0 saturated carbocycles. The van der Waals surface area contributed by atoms with Gasteiger partial charge in [-0.25, -0.2) is 9.18 Å². The van der Waals surface area contributed by atoms with Crippen LogP contribution in [0.3, 0.4) is 0 Å². The standard InChI is InChI=1S/C20H19BrFNO3/c1-13-5-3-4-6-17(13)14(2)23-19(24)12-26-20(25)10-7-15-11-16(21)8-9-18(15)22/h3-11,14H,12H2,1-2H3,(H,23,24)/b10-7+. The summed E-state index contributed by atoms with van der Waals surface area (Å²) < 4.78 is 19.2. The van der Waals surface area contributed by atoms with E-state index in [2.05, 4.69) is 21.2 Å². The van der Waals surface area contributed by atoms with Crippen molar-refractivity contribution in [3.8, 4) is 0 Å². The number of ether oxygens (including phenoxy) is 1. The number of esters is 1. The topological polar surface area (TPSA) is 55.4 Å². The first-order valence-electron chi connectivity index (χ1n) is 8.01. The lowest BCUT2D eigenvalue weighted by Crippen LogP contribution is -2.31. The fraction of sp³-hybridized carbons (Fsp3) is 0.200. The minimum atomic E-state index is -0.719. The number of carbonyl (C=O) groups excluding carboxylic acids is 2. The fourth-order valence-corrected chi connectivity index (χ4v) is 2.80. The molecule has 0 spiro atoms. The maximum Gasteiger partial charge on any atom is 0.331 e. The zero-order valence-electron chi connectivity index (χ0n) is 14.5. The Kier molecular flexibility index (Phi) is 7.09. The third-order valence-electron chi connectivity index (χ3n) is 3.74. The lowest BCUT2D eigenvalue weighted by Gasteiger charge is -2.16. The number of rotatable bonds is 6. The molecule has 6 heteroatoms. The van der Waals surface area contributed by atoms with Crippen LogP contribution in [0.25, 0.3) is 6.08 Å². The molecule has 0 fully saturated rings. The van der Waals surface area contributed by atoms with Gasteiger partial charge in [-0.1, -0.05) is 40.2 Å². The summed E-state index contributed by atoms with van der Waals surface area (Å²) in [4.78, 5) is 23.6. The second-order valence-electron chi connectivity index (χ2n) is 5.75. The first-order chi connectivity index (χ1) is 12.4. The van der Waals surface area contributed by atoms with Crippen molar-refractivity contribution in [2.75, 3.05) is 6.61 Å². The first kappa shape index (κ1) is 19.8. The van der Waals surface area contributed by atoms with Crippen LogP contribution in [0.1, 0.15) is 29.7 Å². The number of aryl methyl sites for hydroxylation is 1. The smallest absolute Gasteiger partial charge is 0.331 e. The van der Waals surface area contributed by atoms with Gasteiger partial charge in [-0.3, -0.25) is 4.79 Å². The van der Waals surface area contributed by atoms with Crippen molar-refractivity contribution in [3.05, 3.63) is 75.5 Å². The van der Waals surface area contributed by atoms with Crippen LogP contribution in [-0.4, -0.2) is 18.5 Å². The van der Waals surface area contributed by atoms with Crippen molar-refractivity contribution >= 4 is 33.9 Å². The maximum atomic E-state index is 13.6. The molecule has 0 aliphatic carbocycles. The van der Waals surface area contributed by atoms with Gasteiger partial charge in [0.1, 0.15) is 5.82 Å². The van der Waals surface area contributed by atoms with Gasteiger partial charge < -0.3 is 10.1 Å². The number of carbonyl (C=O) groups is 2. The van der Waals surface area contributed by atoms with E-state index < -0.39 is 24.3 Å². The van der Waals surface area contributed by atoms with Crippen molar-refractivity contribution < 1.29 is 18.7 Å². The fourth-order valence-electron chi connectivity index (χ4n) is 2.42. The van der Waals surface area contributed by atoms with Gasteiger partial charge in [0.25, 0.3) is 5.91 Å². The molecule has 0 radical (unpaired) electrons. The molecule has 0 aliphatic rings. The average Bonchev–Trinajstić information content (AvgIpc) is 2.61. The zero-order chi connectivity index (χ0) is 19.1. The Morgan fingerprint density at radius 3 is 2.73 bits per heavy atom. The highest BCUT2D eigenvalue weighted by Gasteiger charge is 2.12. The van der Waals surface area contributed by atoms with E-state index in [1.807, 2.05) is 38.1 Å². The number of amides is 1. The molecule has 0 heterocycles. The van der Waals surface area contributed by atoms with Crippen molar-refractivity contribution in [1.29, 1.82) is 0 Å². The van der Waals surface area contributed by atoms with Crippen LogP contribution < -0.4 is 5.32 Å². The Morgan fingerprint density at radius 1 is 1.27 bits per heavy atom. The Hall–Kier alpha value is -2.47. The van der Waals surface area contributed by atoms with Gasteiger partial charge in [0.2, 0.25) is 0 Å². The Morgan fingerprint density at radius 2 is 2.00 bits per heavy atom. The molecular weight excluding hydrogens is 401 g/mol. The highest BCUT2D eigenvalue weighted by molar-refractivity contribution is 9.10. The molecule has 1 amide bonds. The SMILES string of the molecule is Cc1ccccc1C(C)NC(=O)COC(=O)/C=C/c1cc(Br)ccc1F. The Balaban J connectivity index is 1.85. The number of hydrogen-bond acceptors (Lipinski definition) is 3. The molecule has 0 saturated heterocycles. The van der Waals surface area contributed by atoms with E-state index >= 15 is 0 Å². The Labute approximate surface area is 160 Å². The van der Waals surface area contributed by atoms with Crippen LogP contribution in [0.2, 0.25) is 0 Å². The van der Waals surface area contributed by atoms with Crippen molar-refractivity contribution in [2.24, 2.45) is 0 Å². The molecule has 0 aliphatic heterocycles. The van der Waals surface area contributed by atoms with Crippen molar-refractivity contribution in [2.45, 2.75) is 19.9 Å². The third-order valence-corrected chi connectivity index (χ3v) is 4.23. The summed E-state index contributed by atoms with van der Waals surface area (Å²) in [6.07, 6.45) is 2.39. The van der Waals surface area contributed by atoms with E-state index in [1.54, 1.807) is 6.07 Å². The monoisotopic (exact) mass is 419 g/mol. The van der Waals surface area contributed by atoms with Crippen LogP contribution in [-0.2, 0) is 14.3 Å². The number of halogens is 2. The minimum absolute atomic E-state index is 0.200. The highest BCUT2D eigenvalue weighted by Crippen LogP contribution is 2.17. The van der Waals surface area contributed by atoms with Gasteiger partial charge in [0, 0.05) is 16.1 Å². The third kappa shape index (κ3) is 5.81. The molecule has 2 rings (SSSR count). The van der Waals surface area contributed by atoms with Gasteiger partial charge in [-0.2, -0.15) is 0 Å². The average molecular weight is 420 g/mol. The molecule has 1 unspecified atom stereocenters. The summed E-state index contributed by atoms with van der Waals surface area (Å²) >= 11 is 3.23. The number of benzene rings is 2. The lowest BCUT2D eigenvalue weighted by atomic mass is 10.0. The molecule has 26 heavy (non-hydrogen) atoms. The molecular formula is C20H19BrFNO3. The largest absolute Gasteiger partial charge is 0.452 e. The minimum Gasteiger partial charge on any atom is -0.452 e. The van der Waals surface area contributed by atoms with Crippen LogP contribution in [0.5, 0.6) is 0 Å². The van der Waals surface area contributed by atoms with Gasteiger partial charge in [-0.15, -0.1) is 0 Å². The van der Waals surface area contributed by atoms with Crippen LogP contribution in [0, 0.1) is 12.7 Å². The van der Waals surface area contributed by atoms with E-state index in [9.17, 15) is 14.0 Å². The van der Waals surface area contributed by atoms with Crippen LogP contribution in [0.4, 0.5) is 4.39 Å². The summed E-state index contributed by atoms with van der Waals surface area (Å²) in [6, 6.07) is 11.9. The molecule has 0 bridgehead atoms. The maximum absolute atomic E-state index is 13.6. The van der Waals surface area contributed by atoms with Gasteiger partial charge >= 0.3 is 5.97 Å². The zero-order valence-corrected chi connectivity index (χ0v) is 16.0. The van der Waals surface area contributed by atoms with Crippen molar-refractivity contribution in [3.63, 3.8) is 0 Å². The summed E-state index contributed by atoms with van der Waals surface area (Å²) in [5, 5.41) is 2.78. The van der Waals surface area contributed by atoms with E-state index in [4.69, 9.17) is 4.74 Å². The van der Waals surface area contributed by atoms with E-state index in [0.29, 0.717) is 4.47 Å². The summed E-state index contributed by atoms with van der Waals surface area (Å²) in [5.74, 6) is -1.58. The van der Waals surface area contributed by atoms with E-state index in [-0.39, 0.29) is 11.6 Å². The first-order valence-corrected chi connectivity index (χ1v) is 8.81. The van der Waals surface area contributed by atoms with E-state index in [0.717, 1.165) is 17.2 Å². The summed E-state index contributed by atoms with van der Waals surface area (Å²) in [5.41, 5.74) is 2.31. The lowest BCUT2D eigenvalue weighted by molar-refractivity contribution is -0.144. The molecule has 2 aromatic carbocycles. The predicted octanol–water partition coefficient (Wildman–Crippen LogP) is 4.33. The van der Waals surface area contributed by atoms with Crippen LogP contribution >= 0.6 is 15.9 Å². The van der Waals surface area contributed by atoms with E-state index in [1.165, 1.54) is 18.2 Å². The van der Waals surface area contributed by atoms with Crippen molar-refractivity contribution in [1.82, 2.24) is 5.32 Å².